The summed E-state index contributed by atoms with van der Waals surface area (Å²) in [6, 6.07) is 20.3. The van der Waals surface area contributed by atoms with Crippen molar-refractivity contribution in [1.82, 2.24) is 5.32 Å². The fourth-order valence-corrected chi connectivity index (χ4v) is 4.10. The van der Waals surface area contributed by atoms with E-state index in [1.54, 1.807) is 36.4 Å². The summed E-state index contributed by atoms with van der Waals surface area (Å²) in [6.07, 6.45) is 1.32. The number of unbranched alkanes of at least 4 members (excludes halogenated alkanes) is 1. The second-order valence-corrected chi connectivity index (χ2v) is 8.56. The second kappa shape index (κ2) is 11.6. The van der Waals surface area contributed by atoms with Crippen molar-refractivity contribution < 1.29 is 28.9 Å². The first kappa shape index (κ1) is 24.4. The van der Waals surface area contributed by atoms with E-state index >= 15 is 0 Å². The molecule has 1 heterocycles. The number of carbonyl (C=O) groups is 2. The fraction of sp³-hybridized carbons (Fsp3) is 0.259. The van der Waals surface area contributed by atoms with Gasteiger partial charge in [0, 0.05) is 30.2 Å². The van der Waals surface area contributed by atoms with Gasteiger partial charge in [0.25, 0.3) is 5.91 Å². The summed E-state index contributed by atoms with van der Waals surface area (Å²) in [4.78, 5) is 23.4. The van der Waals surface area contributed by atoms with Crippen molar-refractivity contribution in [2.45, 2.75) is 31.8 Å². The van der Waals surface area contributed by atoms with E-state index in [0.29, 0.717) is 53.0 Å². The SMILES string of the molecule is O=C(O)OC1CCOc2cc(Oc3ccc(C(=O)NCCCCc4ccccc4)cc3)c(Cl)cc21. The van der Waals surface area contributed by atoms with Crippen LogP contribution in [0.25, 0.3) is 0 Å². The number of hydrogen-bond acceptors (Lipinski definition) is 5. The Balaban J connectivity index is 1.30. The average molecular weight is 496 g/mol. The quantitative estimate of drug-likeness (QED) is 0.263. The molecule has 0 spiro atoms. The molecule has 0 saturated heterocycles. The van der Waals surface area contributed by atoms with Crippen LogP contribution in [0.4, 0.5) is 4.79 Å². The normalized spacial score (nSPS) is 14.4. The van der Waals surface area contributed by atoms with E-state index in [9.17, 15) is 9.59 Å². The van der Waals surface area contributed by atoms with Crippen molar-refractivity contribution in [3.8, 4) is 17.2 Å². The summed E-state index contributed by atoms with van der Waals surface area (Å²) >= 11 is 6.37. The highest BCUT2D eigenvalue weighted by Gasteiger charge is 2.27. The molecule has 1 aliphatic rings. The zero-order valence-corrected chi connectivity index (χ0v) is 19.8. The average Bonchev–Trinajstić information content (AvgIpc) is 2.85. The Morgan fingerprint density at radius 2 is 1.83 bits per heavy atom. The minimum atomic E-state index is -1.35. The summed E-state index contributed by atoms with van der Waals surface area (Å²) < 4.78 is 16.4. The van der Waals surface area contributed by atoms with Crippen LogP contribution < -0.4 is 14.8 Å². The smallest absolute Gasteiger partial charge is 0.493 e. The van der Waals surface area contributed by atoms with Gasteiger partial charge < -0.3 is 24.6 Å². The van der Waals surface area contributed by atoms with E-state index in [-0.39, 0.29) is 5.91 Å². The van der Waals surface area contributed by atoms with E-state index < -0.39 is 12.3 Å². The second-order valence-electron chi connectivity index (χ2n) is 8.16. The third-order valence-corrected chi connectivity index (χ3v) is 5.95. The highest BCUT2D eigenvalue weighted by molar-refractivity contribution is 6.32. The van der Waals surface area contributed by atoms with Gasteiger partial charge in [-0.15, -0.1) is 0 Å². The van der Waals surface area contributed by atoms with Crippen LogP contribution in [0, 0.1) is 0 Å². The first-order chi connectivity index (χ1) is 17.0. The number of aryl methyl sites for hydroxylation is 1. The van der Waals surface area contributed by atoms with Crippen LogP contribution in [0.5, 0.6) is 17.2 Å². The van der Waals surface area contributed by atoms with Crippen LogP contribution in [0.15, 0.2) is 66.7 Å². The monoisotopic (exact) mass is 495 g/mol. The summed E-state index contributed by atoms with van der Waals surface area (Å²) in [7, 11) is 0. The summed E-state index contributed by atoms with van der Waals surface area (Å²) in [5, 5.41) is 12.2. The maximum absolute atomic E-state index is 12.4. The third kappa shape index (κ3) is 6.67. The molecule has 1 aliphatic heterocycles. The molecule has 0 bridgehead atoms. The number of nitrogens with one attached hydrogen (secondary N) is 1. The number of carboxylic acid groups (broad SMARTS) is 1. The lowest BCUT2D eigenvalue weighted by Crippen LogP contribution is -2.24. The number of ether oxygens (including phenoxy) is 3. The Kier molecular flexibility index (Phi) is 8.11. The minimum Gasteiger partial charge on any atom is -0.493 e. The molecule has 0 fully saturated rings. The highest BCUT2D eigenvalue weighted by Crippen LogP contribution is 2.42. The molecule has 4 rings (SSSR count). The first-order valence-corrected chi connectivity index (χ1v) is 11.8. The molecule has 1 atom stereocenters. The number of benzene rings is 3. The lowest BCUT2D eigenvalue weighted by atomic mass is 10.0. The molecule has 2 N–H and O–H groups in total. The van der Waals surface area contributed by atoms with Crippen molar-refractivity contribution in [1.29, 1.82) is 0 Å². The van der Waals surface area contributed by atoms with E-state index in [0.717, 1.165) is 19.3 Å². The summed E-state index contributed by atoms with van der Waals surface area (Å²) in [5.41, 5.74) is 2.40. The molecule has 0 saturated carbocycles. The molecule has 8 heteroatoms. The molecule has 1 unspecified atom stereocenters. The number of hydrogen-bond donors (Lipinski definition) is 2. The van der Waals surface area contributed by atoms with Gasteiger partial charge in [0.05, 0.1) is 11.6 Å². The van der Waals surface area contributed by atoms with Crippen LogP contribution in [-0.4, -0.2) is 30.3 Å². The van der Waals surface area contributed by atoms with Gasteiger partial charge in [-0.3, -0.25) is 4.79 Å². The summed E-state index contributed by atoms with van der Waals surface area (Å²) in [6.45, 7) is 0.934. The van der Waals surface area contributed by atoms with Gasteiger partial charge in [0.2, 0.25) is 0 Å². The number of rotatable bonds is 9. The van der Waals surface area contributed by atoms with Gasteiger partial charge >= 0.3 is 6.16 Å². The lowest BCUT2D eigenvalue weighted by molar-refractivity contribution is 0.0326. The molecular formula is C27H26ClNO6. The lowest BCUT2D eigenvalue weighted by Gasteiger charge is -2.25. The van der Waals surface area contributed by atoms with E-state index in [4.69, 9.17) is 30.9 Å². The molecule has 35 heavy (non-hydrogen) atoms. The van der Waals surface area contributed by atoms with Gasteiger partial charge in [-0.2, -0.15) is 0 Å². The van der Waals surface area contributed by atoms with Crippen LogP contribution in [0.1, 0.15) is 46.9 Å². The van der Waals surface area contributed by atoms with Crippen LogP contribution >= 0.6 is 11.6 Å². The van der Waals surface area contributed by atoms with Crippen molar-refractivity contribution in [2.75, 3.05) is 13.2 Å². The Labute approximate surface area is 208 Å². The van der Waals surface area contributed by atoms with Gasteiger partial charge in [-0.25, -0.2) is 4.79 Å². The van der Waals surface area contributed by atoms with E-state index in [1.807, 2.05) is 18.2 Å². The fourth-order valence-electron chi connectivity index (χ4n) is 3.88. The van der Waals surface area contributed by atoms with Gasteiger partial charge in [0.15, 0.2) is 0 Å². The van der Waals surface area contributed by atoms with Crippen molar-refractivity contribution in [3.05, 3.63) is 88.4 Å². The van der Waals surface area contributed by atoms with Crippen LogP contribution in [0.2, 0.25) is 5.02 Å². The van der Waals surface area contributed by atoms with Crippen LogP contribution in [-0.2, 0) is 11.2 Å². The molecule has 1 amide bonds. The number of amides is 1. The topological polar surface area (TPSA) is 94.1 Å². The minimum absolute atomic E-state index is 0.138. The van der Waals surface area contributed by atoms with Crippen LogP contribution in [0.3, 0.4) is 0 Å². The molecule has 3 aromatic rings. The third-order valence-electron chi connectivity index (χ3n) is 5.66. The highest BCUT2D eigenvalue weighted by atomic mass is 35.5. The van der Waals surface area contributed by atoms with Crippen molar-refractivity contribution >= 4 is 23.7 Å². The Morgan fingerprint density at radius 3 is 2.57 bits per heavy atom. The van der Waals surface area contributed by atoms with E-state index in [1.165, 1.54) is 5.56 Å². The zero-order valence-electron chi connectivity index (χ0n) is 19.0. The largest absolute Gasteiger partial charge is 0.506 e. The standard InChI is InChI=1S/C27H26ClNO6/c28-22-16-21-23(35-27(31)32)13-15-33-24(21)17-25(22)34-20-11-9-19(10-12-20)26(30)29-14-5-4-8-18-6-2-1-3-7-18/h1-3,6-7,9-12,16-17,23H,4-5,8,13-15H2,(H,29,30)(H,31,32). The van der Waals surface area contributed by atoms with Gasteiger partial charge in [-0.05, 0) is 55.2 Å². The Bertz CT molecular complexity index is 1170. The molecule has 182 valence electrons. The van der Waals surface area contributed by atoms with Crippen molar-refractivity contribution in [3.63, 3.8) is 0 Å². The van der Waals surface area contributed by atoms with Crippen molar-refractivity contribution in [2.24, 2.45) is 0 Å². The Morgan fingerprint density at radius 1 is 1.06 bits per heavy atom. The maximum Gasteiger partial charge on any atom is 0.506 e. The zero-order chi connectivity index (χ0) is 24.6. The molecule has 7 nitrogen and oxygen atoms in total. The molecule has 3 aromatic carbocycles. The predicted molar refractivity (Wildman–Crippen MR) is 132 cm³/mol. The number of halogens is 1. The molecule has 0 aromatic heterocycles. The maximum atomic E-state index is 12.4. The van der Waals surface area contributed by atoms with E-state index in [2.05, 4.69) is 17.4 Å². The molecular weight excluding hydrogens is 470 g/mol. The van der Waals surface area contributed by atoms with Gasteiger partial charge in [0.1, 0.15) is 23.4 Å². The predicted octanol–water partition coefficient (Wildman–Crippen LogP) is 6.40. The molecule has 0 radical (unpaired) electrons. The van der Waals surface area contributed by atoms with Gasteiger partial charge in [-0.1, -0.05) is 41.9 Å². The first-order valence-electron chi connectivity index (χ1n) is 11.5. The number of carbonyl (C=O) groups excluding carboxylic acids is 1. The number of fused-ring (bicyclic) bond motifs is 1. The Hall–Kier alpha value is -3.71. The summed E-state index contributed by atoms with van der Waals surface area (Å²) in [5.74, 6) is 1.18. The molecule has 0 aliphatic carbocycles.